The summed E-state index contributed by atoms with van der Waals surface area (Å²) in [4.78, 5) is 40.4. The lowest BCUT2D eigenvalue weighted by Crippen LogP contribution is -2.28. The van der Waals surface area contributed by atoms with Crippen LogP contribution in [0.25, 0.3) is 10.9 Å². The molecule has 0 bridgehead atoms. The molecule has 8 heteroatoms. The third kappa shape index (κ3) is 3.80. The second kappa shape index (κ2) is 7.49. The maximum Gasteiger partial charge on any atom is 0.261 e. The van der Waals surface area contributed by atoms with Gasteiger partial charge in [-0.15, -0.1) is 0 Å². The number of fused-ring (bicyclic) bond motifs is 1. The molecule has 2 amide bonds. The molecule has 2 N–H and O–H groups in total. The van der Waals surface area contributed by atoms with Crippen LogP contribution in [-0.2, 0) is 11.3 Å². The molecule has 2 aromatic carbocycles. The second-order valence-electron chi connectivity index (χ2n) is 5.54. The predicted octanol–water partition coefficient (Wildman–Crippen LogP) is 2.16. The standard InChI is InChI=1S/C18H15BrN4O3/c1-20-17(25)11-2-5-13(6-3-11)22-16(24)9-23-10-21-15-7-4-12(19)8-14(15)18(23)26/h2-8,10H,9H2,1H3,(H,20,25)(H,22,24). The summed E-state index contributed by atoms with van der Waals surface area (Å²) in [6, 6.07) is 11.7. The molecule has 1 heterocycles. The second-order valence-corrected chi connectivity index (χ2v) is 6.46. The number of carbonyl (C=O) groups is 2. The molecular formula is C18H15BrN4O3. The Hall–Kier alpha value is -3.00. The van der Waals surface area contributed by atoms with Gasteiger partial charge in [-0.25, -0.2) is 4.98 Å². The highest BCUT2D eigenvalue weighted by molar-refractivity contribution is 9.10. The van der Waals surface area contributed by atoms with Crippen molar-refractivity contribution in [2.45, 2.75) is 6.54 Å². The van der Waals surface area contributed by atoms with E-state index in [1.54, 1.807) is 49.5 Å². The zero-order valence-corrected chi connectivity index (χ0v) is 15.4. The van der Waals surface area contributed by atoms with Crippen molar-refractivity contribution in [3.8, 4) is 0 Å². The van der Waals surface area contributed by atoms with Crippen LogP contribution in [-0.4, -0.2) is 28.4 Å². The number of nitrogens with one attached hydrogen (secondary N) is 2. The number of hydrogen-bond donors (Lipinski definition) is 2. The summed E-state index contributed by atoms with van der Waals surface area (Å²) in [6.45, 7) is -0.161. The first-order valence-electron chi connectivity index (χ1n) is 7.74. The highest BCUT2D eigenvalue weighted by atomic mass is 79.9. The Morgan fingerprint density at radius 2 is 1.88 bits per heavy atom. The lowest BCUT2D eigenvalue weighted by Gasteiger charge is -2.09. The summed E-state index contributed by atoms with van der Waals surface area (Å²) in [5.41, 5.74) is 1.30. The molecule has 0 radical (unpaired) electrons. The van der Waals surface area contributed by atoms with E-state index < -0.39 is 0 Å². The van der Waals surface area contributed by atoms with Crippen molar-refractivity contribution in [2.24, 2.45) is 0 Å². The van der Waals surface area contributed by atoms with Gasteiger partial charge in [0.05, 0.1) is 17.2 Å². The van der Waals surface area contributed by atoms with Gasteiger partial charge in [0.2, 0.25) is 5.91 Å². The van der Waals surface area contributed by atoms with Crippen LogP contribution < -0.4 is 16.2 Å². The summed E-state index contributed by atoms with van der Waals surface area (Å²) >= 11 is 3.32. The zero-order valence-electron chi connectivity index (χ0n) is 13.8. The molecule has 0 aliphatic carbocycles. The van der Waals surface area contributed by atoms with Crippen LogP contribution in [0, 0.1) is 0 Å². The predicted molar refractivity (Wildman–Crippen MR) is 102 cm³/mol. The van der Waals surface area contributed by atoms with Crippen molar-refractivity contribution >= 4 is 44.3 Å². The molecule has 0 atom stereocenters. The normalized spacial score (nSPS) is 10.5. The molecule has 3 rings (SSSR count). The number of nitrogens with zero attached hydrogens (tertiary/aromatic N) is 2. The maximum absolute atomic E-state index is 12.5. The van der Waals surface area contributed by atoms with Gasteiger partial charge in [-0.05, 0) is 42.5 Å². The van der Waals surface area contributed by atoms with Crippen LogP contribution in [0.5, 0.6) is 0 Å². The number of amides is 2. The summed E-state index contributed by atoms with van der Waals surface area (Å²) in [5.74, 6) is -0.571. The molecule has 7 nitrogen and oxygen atoms in total. The van der Waals surface area contributed by atoms with E-state index in [2.05, 4.69) is 31.5 Å². The minimum Gasteiger partial charge on any atom is -0.355 e. The number of carbonyl (C=O) groups excluding carboxylic acids is 2. The van der Waals surface area contributed by atoms with Gasteiger partial charge in [-0.2, -0.15) is 0 Å². The molecule has 0 saturated carbocycles. The van der Waals surface area contributed by atoms with Crippen molar-refractivity contribution < 1.29 is 9.59 Å². The van der Waals surface area contributed by atoms with E-state index in [1.807, 2.05) is 0 Å². The Morgan fingerprint density at radius 1 is 1.15 bits per heavy atom. The number of rotatable bonds is 4. The zero-order chi connectivity index (χ0) is 18.7. The Kier molecular flexibility index (Phi) is 5.13. The Morgan fingerprint density at radius 3 is 2.58 bits per heavy atom. The van der Waals surface area contributed by atoms with Crippen LogP contribution in [0.2, 0.25) is 0 Å². The average Bonchev–Trinajstić information content (AvgIpc) is 2.64. The van der Waals surface area contributed by atoms with E-state index in [9.17, 15) is 14.4 Å². The molecule has 0 fully saturated rings. The van der Waals surface area contributed by atoms with E-state index >= 15 is 0 Å². The van der Waals surface area contributed by atoms with Gasteiger partial charge in [0.15, 0.2) is 0 Å². The first kappa shape index (κ1) is 17.8. The fourth-order valence-electron chi connectivity index (χ4n) is 2.45. The molecule has 1 aromatic heterocycles. The molecule has 0 spiro atoms. The molecule has 0 unspecified atom stereocenters. The number of halogens is 1. The average molecular weight is 415 g/mol. The third-order valence-corrected chi connectivity index (χ3v) is 4.25. The summed E-state index contributed by atoms with van der Waals surface area (Å²) in [7, 11) is 1.55. The fourth-order valence-corrected chi connectivity index (χ4v) is 2.81. The number of hydrogen-bond acceptors (Lipinski definition) is 4. The monoisotopic (exact) mass is 414 g/mol. The molecule has 132 valence electrons. The van der Waals surface area contributed by atoms with Crippen molar-refractivity contribution in [3.63, 3.8) is 0 Å². The van der Waals surface area contributed by atoms with E-state index in [0.29, 0.717) is 22.2 Å². The quantitative estimate of drug-likeness (QED) is 0.683. The van der Waals surface area contributed by atoms with E-state index in [1.165, 1.54) is 10.9 Å². The topological polar surface area (TPSA) is 93.1 Å². The van der Waals surface area contributed by atoms with E-state index in [-0.39, 0.29) is 23.9 Å². The minimum atomic E-state index is -0.365. The van der Waals surface area contributed by atoms with Crippen LogP contribution in [0.3, 0.4) is 0 Å². The van der Waals surface area contributed by atoms with Gasteiger partial charge in [-0.1, -0.05) is 15.9 Å². The van der Waals surface area contributed by atoms with E-state index in [4.69, 9.17) is 0 Å². The maximum atomic E-state index is 12.5. The largest absolute Gasteiger partial charge is 0.355 e. The van der Waals surface area contributed by atoms with Gasteiger partial charge < -0.3 is 10.6 Å². The van der Waals surface area contributed by atoms with Crippen LogP contribution in [0.1, 0.15) is 10.4 Å². The molecule has 0 aliphatic rings. The molecule has 26 heavy (non-hydrogen) atoms. The molecule has 0 saturated heterocycles. The van der Waals surface area contributed by atoms with Gasteiger partial charge >= 0.3 is 0 Å². The lowest BCUT2D eigenvalue weighted by molar-refractivity contribution is -0.116. The SMILES string of the molecule is CNC(=O)c1ccc(NC(=O)Cn2cnc3ccc(Br)cc3c2=O)cc1. The van der Waals surface area contributed by atoms with Gasteiger partial charge in [0.1, 0.15) is 6.54 Å². The van der Waals surface area contributed by atoms with Crippen molar-refractivity contribution in [3.05, 3.63) is 69.2 Å². The Bertz CT molecular complexity index is 1040. The smallest absolute Gasteiger partial charge is 0.261 e. The summed E-state index contributed by atoms with van der Waals surface area (Å²) in [5, 5.41) is 5.65. The van der Waals surface area contributed by atoms with Crippen molar-refractivity contribution in [1.29, 1.82) is 0 Å². The highest BCUT2D eigenvalue weighted by Crippen LogP contribution is 2.15. The number of anilines is 1. The number of aromatic nitrogens is 2. The van der Waals surface area contributed by atoms with Crippen molar-refractivity contribution in [1.82, 2.24) is 14.9 Å². The van der Waals surface area contributed by atoms with Crippen LogP contribution in [0.15, 0.2) is 58.1 Å². The Labute approximate surface area is 157 Å². The molecule has 3 aromatic rings. The number of benzene rings is 2. The van der Waals surface area contributed by atoms with Crippen molar-refractivity contribution in [2.75, 3.05) is 12.4 Å². The van der Waals surface area contributed by atoms with Crippen LogP contribution >= 0.6 is 15.9 Å². The fraction of sp³-hybridized carbons (Fsp3) is 0.111. The minimum absolute atomic E-state index is 0.161. The van der Waals surface area contributed by atoms with Gasteiger partial charge in [0, 0.05) is 22.8 Å². The molecule has 0 aliphatic heterocycles. The Balaban J connectivity index is 1.76. The first-order chi connectivity index (χ1) is 12.5. The highest BCUT2D eigenvalue weighted by Gasteiger charge is 2.09. The molecular weight excluding hydrogens is 400 g/mol. The summed E-state index contributed by atoms with van der Waals surface area (Å²) in [6.07, 6.45) is 1.35. The third-order valence-electron chi connectivity index (χ3n) is 3.76. The van der Waals surface area contributed by atoms with Gasteiger partial charge in [-0.3, -0.25) is 19.0 Å². The first-order valence-corrected chi connectivity index (χ1v) is 8.54. The van der Waals surface area contributed by atoms with Gasteiger partial charge in [0.25, 0.3) is 11.5 Å². The van der Waals surface area contributed by atoms with E-state index in [0.717, 1.165) is 4.47 Å². The lowest BCUT2D eigenvalue weighted by atomic mass is 10.2. The summed E-state index contributed by atoms with van der Waals surface area (Å²) < 4.78 is 2.02. The van der Waals surface area contributed by atoms with Crippen LogP contribution in [0.4, 0.5) is 5.69 Å².